The van der Waals surface area contributed by atoms with E-state index in [4.69, 9.17) is 5.11 Å². The van der Waals surface area contributed by atoms with Crippen molar-refractivity contribution >= 4 is 11.8 Å². The predicted molar refractivity (Wildman–Crippen MR) is 84.4 cm³/mol. The smallest absolute Gasteiger partial charge is 0.303 e. The van der Waals surface area contributed by atoms with Crippen LogP contribution >= 0.6 is 0 Å². The molecule has 0 aliphatic heterocycles. The van der Waals surface area contributed by atoms with Crippen molar-refractivity contribution in [3.05, 3.63) is 23.8 Å². The topological polar surface area (TPSA) is 74.6 Å². The van der Waals surface area contributed by atoms with Crippen molar-refractivity contribution in [3.8, 4) is 0 Å². The van der Waals surface area contributed by atoms with Gasteiger partial charge in [0.25, 0.3) is 0 Å². The minimum Gasteiger partial charge on any atom is -0.481 e. The molecule has 4 nitrogen and oxygen atoms in total. The number of hydrogen-bond donors (Lipinski definition) is 2. The first kappa shape index (κ1) is 16.9. The molecule has 2 rings (SSSR count). The van der Waals surface area contributed by atoms with Gasteiger partial charge in [0.15, 0.2) is 0 Å². The van der Waals surface area contributed by atoms with Crippen molar-refractivity contribution in [1.29, 1.82) is 0 Å². The van der Waals surface area contributed by atoms with Gasteiger partial charge in [-0.1, -0.05) is 23.8 Å². The van der Waals surface area contributed by atoms with Crippen LogP contribution in [0.5, 0.6) is 0 Å². The Bertz CT molecular complexity index is 464. The molecule has 22 heavy (non-hydrogen) atoms. The van der Waals surface area contributed by atoms with Crippen LogP contribution in [-0.4, -0.2) is 28.1 Å². The highest BCUT2D eigenvalue weighted by atomic mass is 16.4. The Morgan fingerprint density at radius 3 is 2.82 bits per heavy atom. The summed E-state index contributed by atoms with van der Waals surface area (Å²) in [4.78, 5) is 22.6. The summed E-state index contributed by atoms with van der Waals surface area (Å²) in [6.45, 7) is 0. The fourth-order valence-electron chi connectivity index (χ4n) is 3.62. The lowest BCUT2D eigenvalue weighted by Crippen LogP contribution is -2.20. The Labute approximate surface area is 131 Å². The van der Waals surface area contributed by atoms with E-state index in [9.17, 15) is 14.7 Å². The van der Waals surface area contributed by atoms with E-state index < -0.39 is 5.97 Å². The fourth-order valence-corrected chi connectivity index (χ4v) is 3.62. The molecule has 122 valence electrons. The molecule has 0 aromatic rings. The van der Waals surface area contributed by atoms with Gasteiger partial charge in [-0.15, -0.1) is 0 Å². The molecular weight excluding hydrogens is 280 g/mol. The quantitative estimate of drug-likeness (QED) is 0.559. The van der Waals surface area contributed by atoms with Crippen LogP contribution in [0.3, 0.4) is 0 Å². The summed E-state index contributed by atoms with van der Waals surface area (Å²) < 4.78 is 0. The highest BCUT2D eigenvalue weighted by molar-refractivity contribution is 5.84. The number of unbranched alkanes of at least 4 members (excludes halogenated alkanes) is 1. The second-order valence-electron chi connectivity index (χ2n) is 6.41. The molecule has 0 heterocycles. The van der Waals surface area contributed by atoms with Crippen LogP contribution in [0.15, 0.2) is 23.8 Å². The summed E-state index contributed by atoms with van der Waals surface area (Å²) in [5.41, 5.74) is 1.27. The average Bonchev–Trinajstić information content (AvgIpc) is 2.83. The Hall–Kier alpha value is -1.42. The maximum atomic E-state index is 12.1. The Balaban J connectivity index is 1.86. The van der Waals surface area contributed by atoms with Crippen LogP contribution in [0.1, 0.15) is 57.8 Å². The molecule has 2 N–H and O–H groups in total. The second kappa shape index (κ2) is 8.28. The zero-order chi connectivity index (χ0) is 15.9. The van der Waals surface area contributed by atoms with E-state index in [0.717, 1.165) is 38.5 Å². The first-order valence-corrected chi connectivity index (χ1v) is 8.36. The number of carboxylic acid groups (broad SMARTS) is 1. The molecule has 3 atom stereocenters. The summed E-state index contributed by atoms with van der Waals surface area (Å²) >= 11 is 0. The maximum Gasteiger partial charge on any atom is 0.303 e. The highest BCUT2D eigenvalue weighted by Gasteiger charge is 2.36. The summed E-state index contributed by atoms with van der Waals surface area (Å²) in [7, 11) is 0. The molecular formula is C18H26O4. The highest BCUT2D eigenvalue weighted by Crippen LogP contribution is 2.40. The average molecular weight is 306 g/mol. The molecule has 1 saturated carbocycles. The number of aliphatic hydroxyl groups excluding tert-OH is 1. The first-order chi connectivity index (χ1) is 10.6. The van der Waals surface area contributed by atoms with E-state index in [2.05, 4.69) is 0 Å². The molecule has 2 aliphatic carbocycles. The van der Waals surface area contributed by atoms with Crippen molar-refractivity contribution in [2.45, 2.75) is 63.9 Å². The number of carbonyl (C=O) groups excluding carboxylic acids is 1. The van der Waals surface area contributed by atoms with Crippen LogP contribution < -0.4 is 0 Å². The van der Waals surface area contributed by atoms with Gasteiger partial charge >= 0.3 is 5.97 Å². The molecule has 2 aliphatic rings. The van der Waals surface area contributed by atoms with Crippen LogP contribution in [-0.2, 0) is 9.59 Å². The van der Waals surface area contributed by atoms with E-state index >= 15 is 0 Å². The number of aliphatic carboxylic acids is 1. The Morgan fingerprint density at radius 1 is 1.27 bits per heavy atom. The Morgan fingerprint density at radius 2 is 2.09 bits per heavy atom. The largest absolute Gasteiger partial charge is 0.481 e. The summed E-state index contributed by atoms with van der Waals surface area (Å²) in [6.07, 6.45) is 12.4. The SMILES string of the molecule is O=C(O)CCCC=CC[C@@H]1C(=O)CC[C@H]1C1=CC(O)CCC1. The molecule has 0 amide bonds. The van der Waals surface area contributed by atoms with Crippen molar-refractivity contribution < 1.29 is 19.8 Å². The number of carbonyl (C=O) groups is 2. The minimum absolute atomic E-state index is 0.0484. The van der Waals surface area contributed by atoms with E-state index in [0.29, 0.717) is 24.5 Å². The van der Waals surface area contributed by atoms with Gasteiger partial charge < -0.3 is 10.2 Å². The second-order valence-corrected chi connectivity index (χ2v) is 6.41. The number of hydrogen-bond acceptors (Lipinski definition) is 3. The summed E-state index contributed by atoms with van der Waals surface area (Å²) in [5.74, 6) is -0.0817. The predicted octanol–water partition coefficient (Wildman–Crippen LogP) is 3.25. The van der Waals surface area contributed by atoms with E-state index in [1.807, 2.05) is 18.2 Å². The lowest BCUT2D eigenvalue weighted by Gasteiger charge is -2.25. The minimum atomic E-state index is -0.762. The molecule has 1 fully saturated rings. The summed E-state index contributed by atoms with van der Waals surface area (Å²) in [6, 6.07) is 0. The normalized spacial score (nSPS) is 29.0. The van der Waals surface area contributed by atoms with E-state index in [1.165, 1.54) is 5.57 Å². The fraction of sp³-hybridized carbons (Fsp3) is 0.667. The van der Waals surface area contributed by atoms with E-state index in [-0.39, 0.29) is 18.4 Å². The zero-order valence-corrected chi connectivity index (χ0v) is 13.0. The van der Waals surface area contributed by atoms with Crippen LogP contribution in [0, 0.1) is 11.8 Å². The van der Waals surface area contributed by atoms with Gasteiger partial charge in [0.2, 0.25) is 0 Å². The van der Waals surface area contributed by atoms with Crippen molar-refractivity contribution in [2.75, 3.05) is 0 Å². The van der Waals surface area contributed by atoms with Crippen LogP contribution in [0.25, 0.3) is 0 Å². The lowest BCUT2D eigenvalue weighted by molar-refractivity contribution is -0.137. The lowest BCUT2D eigenvalue weighted by atomic mass is 9.80. The van der Waals surface area contributed by atoms with Gasteiger partial charge in [0.05, 0.1) is 6.10 Å². The van der Waals surface area contributed by atoms with Gasteiger partial charge in [-0.25, -0.2) is 0 Å². The molecule has 0 bridgehead atoms. The number of ketones is 1. The standard InChI is InChI=1S/C18H26O4/c19-14-7-5-6-13(12-14)15-10-11-17(20)16(15)8-3-1-2-4-9-18(21)22/h1,3,12,14-16,19H,2,4-11H2,(H,21,22)/t14?,15-,16-/m0/s1. The maximum absolute atomic E-state index is 12.1. The van der Waals surface area contributed by atoms with Crippen LogP contribution in [0.4, 0.5) is 0 Å². The van der Waals surface area contributed by atoms with Gasteiger partial charge in [-0.05, 0) is 50.9 Å². The number of allylic oxidation sites excluding steroid dienone is 3. The van der Waals surface area contributed by atoms with Crippen molar-refractivity contribution in [3.63, 3.8) is 0 Å². The third-order valence-corrected chi connectivity index (χ3v) is 4.77. The number of rotatable bonds is 7. The van der Waals surface area contributed by atoms with E-state index in [1.54, 1.807) is 0 Å². The molecule has 0 saturated heterocycles. The zero-order valence-electron chi connectivity index (χ0n) is 13.0. The third kappa shape index (κ3) is 4.80. The monoisotopic (exact) mass is 306 g/mol. The molecule has 1 unspecified atom stereocenters. The molecule has 0 aromatic heterocycles. The van der Waals surface area contributed by atoms with Crippen molar-refractivity contribution in [2.24, 2.45) is 11.8 Å². The van der Waals surface area contributed by atoms with Gasteiger partial charge in [-0.3, -0.25) is 9.59 Å². The van der Waals surface area contributed by atoms with Gasteiger partial charge in [-0.2, -0.15) is 0 Å². The number of carboxylic acids is 1. The molecule has 0 radical (unpaired) electrons. The molecule has 0 aromatic carbocycles. The number of aliphatic hydroxyl groups is 1. The van der Waals surface area contributed by atoms with Gasteiger partial charge in [0, 0.05) is 18.8 Å². The first-order valence-electron chi connectivity index (χ1n) is 8.36. The van der Waals surface area contributed by atoms with Crippen molar-refractivity contribution in [1.82, 2.24) is 0 Å². The van der Waals surface area contributed by atoms with Crippen LogP contribution in [0.2, 0.25) is 0 Å². The third-order valence-electron chi connectivity index (χ3n) is 4.77. The van der Waals surface area contributed by atoms with Gasteiger partial charge in [0.1, 0.15) is 5.78 Å². The Kier molecular flexibility index (Phi) is 6.37. The summed E-state index contributed by atoms with van der Waals surface area (Å²) in [5, 5.41) is 18.4. The molecule has 4 heteroatoms. The molecule has 0 spiro atoms. The number of Topliss-reactive ketones (excluding diaryl/α,β-unsaturated/α-hetero) is 1.